The topological polar surface area (TPSA) is 66.4 Å². The Hall–Kier alpha value is -1.35. The molecule has 19 heavy (non-hydrogen) atoms. The highest BCUT2D eigenvalue weighted by atomic mass is 32.2. The molecule has 2 rings (SSSR count). The second-order valence-corrected chi connectivity index (χ2v) is 6.46. The monoisotopic (exact) mass is 279 g/mol. The molecule has 4 nitrogen and oxygen atoms in total. The first-order valence-corrected chi connectivity index (χ1v) is 7.73. The zero-order valence-electron chi connectivity index (χ0n) is 10.8. The van der Waals surface area contributed by atoms with Gasteiger partial charge in [-0.15, -0.1) is 0 Å². The first-order chi connectivity index (χ1) is 9.03. The second kappa shape index (κ2) is 5.74. The summed E-state index contributed by atoms with van der Waals surface area (Å²) in [5, 5.41) is 8.65. The van der Waals surface area contributed by atoms with Crippen LogP contribution in [0.3, 0.4) is 0 Å². The molecule has 0 saturated heterocycles. The van der Waals surface area contributed by atoms with E-state index in [1.165, 1.54) is 0 Å². The van der Waals surface area contributed by atoms with Crippen LogP contribution in [-0.2, 0) is 10.0 Å². The molecule has 0 bridgehead atoms. The van der Waals surface area contributed by atoms with Gasteiger partial charge >= 0.3 is 0 Å². The van der Waals surface area contributed by atoms with Gasteiger partial charge in [0.1, 0.15) is 0 Å². The number of aliphatic hydroxyl groups is 1. The van der Waals surface area contributed by atoms with Crippen LogP contribution >= 0.6 is 0 Å². The van der Waals surface area contributed by atoms with Crippen LogP contribution in [0.4, 0.5) is 0 Å². The summed E-state index contributed by atoms with van der Waals surface area (Å²) in [6.45, 7) is 2.02. The van der Waals surface area contributed by atoms with Gasteiger partial charge in [0.2, 0.25) is 10.0 Å². The fourth-order valence-corrected chi connectivity index (χ4v) is 3.12. The highest BCUT2D eigenvalue weighted by molar-refractivity contribution is 7.89. The van der Waals surface area contributed by atoms with Crippen LogP contribution in [0.15, 0.2) is 29.2 Å². The molecule has 5 heteroatoms. The van der Waals surface area contributed by atoms with Gasteiger partial charge in [-0.05, 0) is 30.5 Å². The van der Waals surface area contributed by atoms with E-state index in [2.05, 4.69) is 16.6 Å². The van der Waals surface area contributed by atoms with Crippen molar-refractivity contribution in [3.63, 3.8) is 0 Å². The molecule has 1 aliphatic carbocycles. The highest BCUT2D eigenvalue weighted by Crippen LogP contribution is 2.30. The molecule has 1 aliphatic rings. The number of rotatable bonds is 4. The quantitative estimate of drug-likeness (QED) is 0.811. The van der Waals surface area contributed by atoms with E-state index in [4.69, 9.17) is 5.11 Å². The Morgan fingerprint density at radius 1 is 1.47 bits per heavy atom. The smallest absolute Gasteiger partial charge is 0.240 e. The minimum absolute atomic E-state index is 0.00606. The van der Waals surface area contributed by atoms with Crippen molar-refractivity contribution in [2.45, 2.75) is 30.7 Å². The van der Waals surface area contributed by atoms with Crippen LogP contribution in [0.1, 0.15) is 25.3 Å². The van der Waals surface area contributed by atoms with E-state index in [1.807, 2.05) is 6.92 Å². The summed E-state index contributed by atoms with van der Waals surface area (Å²) in [4.78, 5) is 0.238. The molecule has 0 aromatic heterocycles. The molecule has 1 saturated carbocycles. The van der Waals surface area contributed by atoms with Gasteiger partial charge in [0.15, 0.2) is 0 Å². The standard InChI is InChI=1S/C14H17NO3S/c1-11-9-14(11)15-19(17,18)13-7-4-6-12(10-13)5-2-3-8-16/h4,6-7,10-11,14-16H,3,8-9H2,1H3. The zero-order chi connectivity index (χ0) is 13.9. The molecular weight excluding hydrogens is 262 g/mol. The summed E-state index contributed by atoms with van der Waals surface area (Å²) in [5.74, 6) is 6.03. The average Bonchev–Trinajstić information content (AvgIpc) is 3.05. The Balaban J connectivity index is 2.16. The number of hydrogen-bond acceptors (Lipinski definition) is 3. The van der Waals surface area contributed by atoms with E-state index < -0.39 is 10.0 Å². The molecule has 2 atom stereocenters. The number of benzene rings is 1. The first-order valence-electron chi connectivity index (χ1n) is 6.25. The van der Waals surface area contributed by atoms with Crippen LogP contribution in [-0.4, -0.2) is 26.2 Å². The summed E-state index contributed by atoms with van der Waals surface area (Å²) in [6, 6.07) is 6.61. The molecule has 1 aromatic carbocycles. The third kappa shape index (κ3) is 3.80. The minimum Gasteiger partial charge on any atom is -0.395 e. The summed E-state index contributed by atoms with van der Waals surface area (Å²) in [5.41, 5.74) is 0.639. The van der Waals surface area contributed by atoms with Gasteiger partial charge in [0.05, 0.1) is 11.5 Å². The minimum atomic E-state index is -3.45. The zero-order valence-corrected chi connectivity index (χ0v) is 11.6. The lowest BCUT2D eigenvalue weighted by molar-refractivity contribution is 0.305. The molecule has 1 fully saturated rings. The summed E-state index contributed by atoms with van der Waals surface area (Å²) in [6.07, 6.45) is 1.28. The summed E-state index contributed by atoms with van der Waals surface area (Å²) >= 11 is 0. The largest absolute Gasteiger partial charge is 0.395 e. The number of sulfonamides is 1. The fourth-order valence-electron chi connectivity index (χ4n) is 1.72. The lowest BCUT2D eigenvalue weighted by Gasteiger charge is -2.06. The molecule has 2 N–H and O–H groups in total. The number of aliphatic hydroxyl groups excluding tert-OH is 1. The molecule has 0 spiro atoms. The predicted molar refractivity (Wildman–Crippen MR) is 72.9 cm³/mol. The van der Waals surface area contributed by atoms with Gasteiger partial charge in [0, 0.05) is 18.0 Å². The van der Waals surface area contributed by atoms with Crippen molar-refractivity contribution in [2.24, 2.45) is 5.92 Å². The SMILES string of the molecule is CC1CC1NS(=O)(=O)c1cccc(C#CCCO)c1. The van der Waals surface area contributed by atoms with Gasteiger partial charge in [0.25, 0.3) is 0 Å². The molecule has 0 radical (unpaired) electrons. The van der Waals surface area contributed by atoms with Crippen LogP contribution in [0, 0.1) is 17.8 Å². The highest BCUT2D eigenvalue weighted by Gasteiger charge is 2.36. The molecule has 0 aliphatic heterocycles. The van der Waals surface area contributed by atoms with Crippen molar-refractivity contribution >= 4 is 10.0 Å². The maximum Gasteiger partial charge on any atom is 0.240 e. The molecule has 2 unspecified atom stereocenters. The van der Waals surface area contributed by atoms with Gasteiger partial charge in [-0.1, -0.05) is 24.8 Å². The molecule has 0 amide bonds. The maximum atomic E-state index is 12.1. The Labute approximate surface area is 113 Å². The van der Waals surface area contributed by atoms with Gasteiger partial charge in [-0.25, -0.2) is 13.1 Å². The Morgan fingerprint density at radius 2 is 2.21 bits per heavy atom. The van der Waals surface area contributed by atoms with Crippen LogP contribution < -0.4 is 4.72 Å². The Morgan fingerprint density at radius 3 is 2.84 bits per heavy atom. The third-order valence-electron chi connectivity index (χ3n) is 3.03. The van der Waals surface area contributed by atoms with Crippen molar-refractivity contribution in [3.8, 4) is 11.8 Å². The van der Waals surface area contributed by atoms with Crippen molar-refractivity contribution in [1.82, 2.24) is 4.72 Å². The van der Waals surface area contributed by atoms with Crippen molar-refractivity contribution in [3.05, 3.63) is 29.8 Å². The molecule has 0 heterocycles. The third-order valence-corrected chi connectivity index (χ3v) is 4.52. The summed E-state index contributed by atoms with van der Waals surface area (Å²) < 4.78 is 26.9. The fraction of sp³-hybridized carbons (Fsp3) is 0.429. The average molecular weight is 279 g/mol. The second-order valence-electron chi connectivity index (χ2n) is 4.74. The first kappa shape index (κ1) is 14.1. The number of nitrogens with one attached hydrogen (secondary N) is 1. The normalized spacial score (nSPS) is 21.6. The van der Waals surface area contributed by atoms with Gasteiger partial charge in [-0.3, -0.25) is 0 Å². The number of hydrogen-bond donors (Lipinski definition) is 2. The predicted octanol–water partition coefficient (Wildman–Crippen LogP) is 1.11. The van der Waals surface area contributed by atoms with E-state index in [9.17, 15) is 8.42 Å². The van der Waals surface area contributed by atoms with Crippen molar-refractivity contribution in [1.29, 1.82) is 0 Å². The van der Waals surface area contributed by atoms with E-state index in [0.29, 0.717) is 17.9 Å². The van der Waals surface area contributed by atoms with Crippen LogP contribution in [0.5, 0.6) is 0 Å². The molecular formula is C14H17NO3S. The van der Waals surface area contributed by atoms with E-state index in [0.717, 1.165) is 6.42 Å². The van der Waals surface area contributed by atoms with Gasteiger partial charge < -0.3 is 5.11 Å². The lowest BCUT2D eigenvalue weighted by Crippen LogP contribution is -2.26. The maximum absolute atomic E-state index is 12.1. The molecule has 102 valence electrons. The van der Waals surface area contributed by atoms with E-state index in [1.54, 1.807) is 24.3 Å². The summed E-state index contributed by atoms with van der Waals surface area (Å²) in [7, 11) is -3.45. The molecule has 1 aromatic rings. The van der Waals surface area contributed by atoms with Crippen LogP contribution in [0.2, 0.25) is 0 Å². The van der Waals surface area contributed by atoms with E-state index >= 15 is 0 Å². The van der Waals surface area contributed by atoms with Gasteiger partial charge in [-0.2, -0.15) is 0 Å². The van der Waals surface area contributed by atoms with Crippen molar-refractivity contribution < 1.29 is 13.5 Å². The van der Waals surface area contributed by atoms with Crippen molar-refractivity contribution in [2.75, 3.05) is 6.61 Å². The Kier molecular flexibility index (Phi) is 4.25. The lowest BCUT2D eigenvalue weighted by atomic mass is 10.2. The Bertz CT molecular complexity index is 613. The van der Waals surface area contributed by atoms with E-state index in [-0.39, 0.29) is 17.5 Å². The van der Waals surface area contributed by atoms with Crippen LogP contribution in [0.25, 0.3) is 0 Å².